The van der Waals surface area contributed by atoms with Gasteiger partial charge < -0.3 is 15.5 Å². The van der Waals surface area contributed by atoms with E-state index < -0.39 is 17.3 Å². The first kappa shape index (κ1) is 22.0. The number of halogens is 1. The van der Waals surface area contributed by atoms with Crippen LogP contribution >= 0.6 is 0 Å². The van der Waals surface area contributed by atoms with Crippen molar-refractivity contribution in [2.75, 3.05) is 7.05 Å². The number of nitrogens with one attached hydrogen (secondary N) is 2. The average molecular weight is 442 g/mol. The van der Waals surface area contributed by atoms with Crippen molar-refractivity contribution in [3.63, 3.8) is 0 Å². The molecular weight excluding hydrogens is 413 g/mol. The Balaban J connectivity index is 1.49. The third kappa shape index (κ3) is 4.11. The van der Waals surface area contributed by atoms with Crippen molar-refractivity contribution in [1.82, 2.24) is 25.3 Å². The lowest BCUT2D eigenvalue weighted by Crippen LogP contribution is -2.63. The molecule has 0 saturated heterocycles. The van der Waals surface area contributed by atoms with E-state index in [1.165, 1.54) is 28.1 Å². The van der Waals surface area contributed by atoms with E-state index in [0.29, 0.717) is 5.56 Å². The van der Waals surface area contributed by atoms with E-state index >= 15 is 0 Å². The van der Waals surface area contributed by atoms with E-state index in [0.717, 1.165) is 25.7 Å². The molecule has 3 amide bonds. The first-order valence-electron chi connectivity index (χ1n) is 11.0. The third-order valence-electron chi connectivity index (χ3n) is 6.56. The SMILES string of the molecule is CN1C(=O)c2cc(C(=O)NCc3ccccc3F)nn2C[C@@]1(C)C(=O)NC1CCCCC1. The second kappa shape index (κ2) is 8.72. The Kier molecular flexibility index (Phi) is 5.99. The predicted molar refractivity (Wildman–Crippen MR) is 115 cm³/mol. The fraction of sp³-hybridized carbons (Fsp3) is 0.478. The molecule has 2 N–H and O–H groups in total. The summed E-state index contributed by atoms with van der Waals surface area (Å²) in [6.07, 6.45) is 5.24. The Bertz CT molecular complexity index is 1050. The normalized spacial score (nSPS) is 21.2. The molecular formula is C23H28FN5O3. The summed E-state index contributed by atoms with van der Waals surface area (Å²) < 4.78 is 15.2. The minimum absolute atomic E-state index is 0.00303. The lowest BCUT2D eigenvalue weighted by molar-refractivity contribution is -0.133. The molecule has 1 aromatic carbocycles. The molecule has 8 nitrogen and oxygen atoms in total. The van der Waals surface area contributed by atoms with Gasteiger partial charge in [0.2, 0.25) is 5.91 Å². The van der Waals surface area contributed by atoms with E-state index in [2.05, 4.69) is 15.7 Å². The lowest BCUT2D eigenvalue weighted by Gasteiger charge is -2.41. The fourth-order valence-corrected chi connectivity index (χ4v) is 4.33. The summed E-state index contributed by atoms with van der Waals surface area (Å²) in [5.74, 6) is -1.52. The van der Waals surface area contributed by atoms with E-state index in [1.807, 2.05) is 0 Å². The van der Waals surface area contributed by atoms with Crippen LogP contribution in [0, 0.1) is 5.82 Å². The zero-order valence-corrected chi connectivity index (χ0v) is 18.4. The molecule has 0 spiro atoms. The molecule has 170 valence electrons. The molecule has 1 aromatic heterocycles. The van der Waals surface area contributed by atoms with Crippen molar-refractivity contribution in [2.45, 2.75) is 63.7 Å². The molecule has 1 saturated carbocycles. The summed E-state index contributed by atoms with van der Waals surface area (Å²) in [5.41, 5.74) is -0.469. The van der Waals surface area contributed by atoms with E-state index in [4.69, 9.17) is 0 Å². The van der Waals surface area contributed by atoms with Gasteiger partial charge in [-0.15, -0.1) is 0 Å². The molecule has 2 aliphatic rings. The molecule has 0 unspecified atom stereocenters. The van der Waals surface area contributed by atoms with E-state index in [9.17, 15) is 18.8 Å². The van der Waals surface area contributed by atoms with Gasteiger partial charge >= 0.3 is 0 Å². The van der Waals surface area contributed by atoms with Crippen molar-refractivity contribution in [3.8, 4) is 0 Å². The summed E-state index contributed by atoms with van der Waals surface area (Å²) in [7, 11) is 1.59. The molecule has 9 heteroatoms. The summed E-state index contributed by atoms with van der Waals surface area (Å²) in [4.78, 5) is 40.1. The maximum absolute atomic E-state index is 13.8. The van der Waals surface area contributed by atoms with Crippen LogP contribution in [0.5, 0.6) is 0 Å². The van der Waals surface area contributed by atoms with Gasteiger partial charge in [-0.25, -0.2) is 4.39 Å². The molecule has 2 aromatic rings. The first-order valence-corrected chi connectivity index (χ1v) is 11.0. The monoisotopic (exact) mass is 441 g/mol. The summed E-state index contributed by atoms with van der Waals surface area (Å²) >= 11 is 0. The van der Waals surface area contributed by atoms with Crippen LogP contribution in [0.3, 0.4) is 0 Å². The standard InChI is InChI=1S/C23H28FN5O3/c1-23(22(32)26-16-9-4-3-5-10-16)14-29-19(21(31)28(23)2)12-18(27-29)20(30)25-13-15-8-6-7-11-17(15)24/h6-8,11-12,16H,3-5,9-10,13-14H2,1-2H3,(H,25,30)(H,26,32)/t23-/m0/s1. The largest absolute Gasteiger partial charge is 0.351 e. The molecule has 2 heterocycles. The topological polar surface area (TPSA) is 96.3 Å². The summed E-state index contributed by atoms with van der Waals surface area (Å²) in [5, 5.41) is 10.0. The van der Waals surface area contributed by atoms with Crippen LogP contribution in [0.4, 0.5) is 4.39 Å². The number of fused-ring (bicyclic) bond motifs is 1. The highest BCUT2D eigenvalue weighted by atomic mass is 19.1. The van der Waals surface area contributed by atoms with Crippen molar-refractivity contribution >= 4 is 17.7 Å². The number of likely N-dealkylation sites (N-methyl/N-ethyl adjacent to an activating group) is 1. The van der Waals surface area contributed by atoms with Gasteiger partial charge in [-0.2, -0.15) is 5.10 Å². The van der Waals surface area contributed by atoms with Crippen LogP contribution < -0.4 is 10.6 Å². The van der Waals surface area contributed by atoms with Gasteiger partial charge in [-0.1, -0.05) is 37.5 Å². The van der Waals surface area contributed by atoms with Crippen molar-refractivity contribution in [3.05, 3.63) is 53.1 Å². The zero-order valence-electron chi connectivity index (χ0n) is 18.4. The predicted octanol–water partition coefficient (Wildman–Crippen LogP) is 2.25. The number of hydrogen-bond donors (Lipinski definition) is 2. The molecule has 4 rings (SSSR count). The number of carbonyl (C=O) groups is 3. The van der Waals surface area contributed by atoms with Crippen LogP contribution in [-0.2, 0) is 17.9 Å². The molecule has 1 atom stereocenters. The van der Waals surface area contributed by atoms with Crippen LogP contribution in [0.25, 0.3) is 0 Å². The second-order valence-electron chi connectivity index (χ2n) is 8.79. The molecule has 1 aliphatic heterocycles. The summed E-state index contributed by atoms with van der Waals surface area (Å²) in [6, 6.07) is 7.71. The Morgan fingerprint density at radius 1 is 1.22 bits per heavy atom. The van der Waals surface area contributed by atoms with Gasteiger partial charge in [0.1, 0.15) is 17.1 Å². The molecule has 1 fully saturated rings. The van der Waals surface area contributed by atoms with Crippen molar-refractivity contribution in [2.24, 2.45) is 0 Å². The Hall–Kier alpha value is -3.23. The van der Waals surface area contributed by atoms with Gasteiger partial charge in [-0.3, -0.25) is 19.1 Å². The average Bonchev–Trinajstić information content (AvgIpc) is 3.21. The van der Waals surface area contributed by atoms with Gasteiger partial charge in [0.25, 0.3) is 11.8 Å². The summed E-state index contributed by atoms with van der Waals surface area (Å²) in [6.45, 7) is 1.86. The number of rotatable bonds is 5. The maximum atomic E-state index is 13.8. The van der Waals surface area contributed by atoms with Gasteiger partial charge in [0.15, 0.2) is 5.69 Å². The number of hydrogen-bond acceptors (Lipinski definition) is 4. The molecule has 0 bridgehead atoms. The Morgan fingerprint density at radius 2 is 1.94 bits per heavy atom. The Labute approximate surface area is 186 Å². The molecule has 0 radical (unpaired) electrons. The van der Waals surface area contributed by atoms with Crippen molar-refractivity contribution in [1.29, 1.82) is 0 Å². The third-order valence-corrected chi connectivity index (χ3v) is 6.56. The van der Waals surface area contributed by atoms with Crippen molar-refractivity contribution < 1.29 is 18.8 Å². The Morgan fingerprint density at radius 3 is 2.66 bits per heavy atom. The molecule has 32 heavy (non-hydrogen) atoms. The number of aromatic nitrogens is 2. The van der Waals surface area contributed by atoms with E-state index in [-0.39, 0.29) is 42.3 Å². The van der Waals surface area contributed by atoms with Gasteiger partial charge in [-0.05, 0) is 25.8 Å². The maximum Gasteiger partial charge on any atom is 0.272 e. The first-order chi connectivity index (χ1) is 15.3. The van der Waals surface area contributed by atoms with Gasteiger partial charge in [0, 0.05) is 31.3 Å². The highest BCUT2D eigenvalue weighted by Gasteiger charge is 2.46. The molecule has 1 aliphatic carbocycles. The number of nitrogens with zero attached hydrogens (tertiary/aromatic N) is 3. The highest BCUT2D eigenvalue weighted by molar-refractivity contribution is 6.01. The van der Waals surface area contributed by atoms with E-state index in [1.54, 1.807) is 32.2 Å². The van der Waals surface area contributed by atoms with Crippen LogP contribution in [0.1, 0.15) is 65.6 Å². The zero-order chi connectivity index (χ0) is 22.9. The van der Waals surface area contributed by atoms with Gasteiger partial charge in [0.05, 0.1) is 6.54 Å². The highest BCUT2D eigenvalue weighted by Crippen LogP contribution is 2.27. The van der Waals surface area contributed by atoms with Crippen LogP contribution in [0.2, 0.25) is 0 Å². The number of amides is 3. The van der Waals surface area contributed by atoms with Crippen LogP contribution in [0.15, 0.2) is 30.3 Å². The number of benzene rings is 1. The minimum atomic E-state index is -1.12. The van der Waals surface area contributed by atoms with Crippen LogP contribution in [-0.4, -0.2) is 51.0 Å². The lowest BCUT2D eigenvalue weighted by atomic mass is 9.92. The minimum Gasteiger partial charge on any atom is -0.351 e. The quantitative estimate of drug-likeness (QED) is 0.744. The number of carbonyl (C=O) groups excluding carboxylic acids is 3. The fourth-order valence-electron chi connectivity index (χ4n) is 4.33. The smallest absolute Gasteiger partial charge is 0.272 e. The second-order valence-corrected chi connectivity index (χ2v) is 8.79.